The Hall–Kier alpha value is -11.8. The number of carbonyl (C=O) groups is 8. The first-order valence-electron chi connectivity index (χ1n) is 35.5. The number of aliphatic carboxylic acids is 2. The highest BCUT2D eigenvalue weighted by Gasteiger charge is 2.51. The number of methoxy groups -OCH3 is 2. The Morgan fingerprint density at radius 3 is 1.39 bits per heavy atom. The Kier molecular flexibility index (Phi) is 23.2. The van der Waals surface area contributed by atoms with Crippen LogP contribution in [0.15, 0.2) is 189 Å². The van der Waals surface area contributed by atoms with Crippen LogP contribution in [-0.2, 0) is 28.7 Å². The number of carboxylic acids is 2. The van der Waals surface area contributed by atoms with Gasteiger partial charge in [-0.1, -0.05) is 35.3 Å². The van der Waals surface area contributed by atoms with Crippen molar-refractivity contribution in [1.29, 1.82) is 0 Å². The third-order valence-corrected chi connectivity index (χ3v) is 22.2. The van der Waals surface area contributed by atoms with Gasteiger partial charge in [0, 0.05) is 157 Å². The highest BCUT2D eigenvalue weighted by atomic mass is 35.5. The van der Waals surface area contributed by atoms with Crippen LogP contribution in [0.2, 0.25) is 10.0 Å². The van der Waals surface area contributed by atoms with Crippen LogP contribution in [0.25, 0.3) is 0 Å². The standard InChI is InChI=1S/C40H35ClF3N7O7S.C38H35ClFN7O7S/c1-57-38(55)32-30(46-34(35-45-12-15-59-35)47-33(32)28-11-4-23(42)16-29(28)41)20-48-13-14-49-25(18-48)19-50(39(49)56)24-5-9-27(10-6-24)58-26-7-2-22(3-8-26)36(52)51-21-40(43,44)17-31(51)37(53)54;1-44(21-31(48)49)36(50)22-3-8-26(9-4-22)54-27-10-6-24(7-11-27)47-19-25-18-45(14-15-46(25)38(47)52)20-30-32(37(51)53-2)33(28-12-5-23(40)17-29(28)39)43-34(42-30)35-41-13-16-55-35/h2-12,15-16,25,31,33H,13-14,17-21H2,1H3,(H,46,47)(H,53,54);3-13,16-17,25,33H,14-15,18-21H2,1-2H3,(H,42,43)(H,48,49)/t25-,31-,33-;25-,33-/m00/s1. The minimum Gasteiger partial charge on any atom is -0.480 e. The van der Waals surface area contributed by atoms with E-state index in [1.54, 1.807) is 88.2 Å². The number of fused-ring (bicyclic) bond motifs is 2. The van der Waals surface area contributed by atoms with Gasteiger partial charge in [0.15, 0.2) is 21.7 Å². The van der Waals surface area contributed by atoms with Gasteiger partial charge in [0.05, 0.1) is 44.0 Å². The smallest absolute Gasteiger partial charge is 0.338 e. The molecule has 2 aromatic heterocycles. The first-order valence-corrected chi connectivity index (χ1v) is 38.1. The highest BCUT2D eigenvalue weighted by molar-refractivity contribution is 7.12. The molecule has 6 amide bonds. The van der Waals surface area contributed by atoms with Crippen molar-refractivity contribution in [2.75, 3.05) is 110 Å². The number of esters is 2. The van der Waals surface area contributed by atoms with Gasteiger partial charge in [-0.25, -0.2) is 51.5 Å². The second kappa shape index (κ2) is 33.5. The van der Waals surface area contributed by atoms with Crippen molar-refractivity contribution in [3.63, 3.8) is 0 Å². The number of rotatable bonds is 21. The minimum absolute atomic E-state index is 0.0447. The van der Waals surface area contributed by atoms with Gasteiger partial charge >= 0.3 is 35.9 Å². The van der Waals surface area contributed by atoms with Crippen molar-refractivity contribution in [3.05, 3.63) is 233 Å². The van der Waals surface area contributed by atoms with Gasteiger partial charge in [-0.05, 0) is 121 Å². The normalized spacial score (nSPS) is 20.0. The number of nitrogens with one attached hydrogen (secondary N) is 2. The van der Waals surface area contributed by atoms with Crippen molar-refractivity contribution in [2.24, 2.45) is 9.98 Å². The maximum atomic E-state index is 14.1. The lowest BCUT2D eigenvalue weighted by molar-refractivity contribution is -0.142. The Morgan fingerprint density at radius 1 is 0.588 bits per heavy atom. The number of likely N-dealkylation sites (N-methyl/N-ethyl adjacent to an activating group) is 1. The number of thiazole rings is 2. The van der Waals surface area contributed by atoms with E-state index in [0.29, 0.717) is 148 Å². The number of carbonyl (C=O) groups excluding carboxylic acids is 6. The topological polar surface area (TPSA) is 314 Å². The molecule has 6 aromatic carbocycles. The molecule has 0 radical (unpaired) electrons. The molecule has 114 heavy (non-hydrogen) atoms. The molecular weight excluding hydrogens is 1570 g/mol. The molecule has 5 saturated heterocycles. The predicted octanol–water partition coefficient (Wildman–Crippen LogP) is 10.8. The number of likely N-dealkylation sites (tertiary alicyclic amines) is 1. The maximum Gasteiger partial charge on any atom is 0.338 e. The monoisotopic (exact) mass is 1640 g/mol. The van der Waals surface area contributed by atoms with E-state index >= 15 is 0 Å². The number of urea groups is 2. The third kappa shape index (κ3) is 17.1. The average Bonchev–Trinajstić information content (AvgIpc) is 1.04. The number of hydrogen-bond donors (Lipinski definition) is 4. The molecule has 0 aliphatic carbocycles. The summed E-state index contributed by atoms with van der Waals surface area (Å²) in [6, 6.07) is 30.1. The van der Waals surface area contributed by atoms with E-state index in [-0.39, 0.29) is 57.4 Å². The van der Waals surface area contributed by atoms with Crippen LogP contribution in [0.3, 0.4) is 0 Å². The fourth-order valence-corrected chi connectivity index (χ4v) is 16.3. The Labute approximate surface area is 666 Å². The molecule has 5 fully saturated rings. The van der Waals surface area contributed by atoms with Crippen LogP contribution in [-0.4, -0.2) is 233 Å². The van der Waals surface area contributed by atoms with Crippen molar-refractivity contribution < 1.29 is 85.1 Å². The summed E-state index contributed by atoms with van der Waals surface area (Å²) in [5.41, 5.74) is 4.15. The molecule has 9 heterocycles. The molecule has 0 bridgehead atoms. The fraction of sp³-hybridized carbons (Fsp3) is 0.282. The zero-order valence-corrected chi connectivity index (χ0v) is 64.0. The molecule has 8 aromatic rings. The molecule has 36 heteroatoms. The van der Waals surface area contributed by atoms with Crippen molar-refractivity contribution in [1.82, 2.24) is 50.0 Å². The first kappa shape index (κ1) is 78.8. The Balaban J connectivity index is 0.000000189. The number of piperazine rings is 2. The summed E-state index contributed by atoms with van der Waals surface area (Å²) in [6.45, 7) is 2.99. The van der Waals surface area contributed by atoms with Gasteiger partial charge in [-0.3, -0.25) is 44.0 Å². The minimum atomic E-state index is -3.29. The first-order chi connectivity index (χ1) is 54.8. The van der Waals surface area contributed by atoms with E-state index in [2.05, 4.69) is 30.4 Å². The van der Waals surface area contributed by atoms with Gasteiger partial charge in [0.2, 0.25) is 0 Å². The number of amides is 6. The lowest BCUT2D eigenvalue weighted by Gasteiger charge is -2.38. The number of aromatic nitrogens is 2. The molecule has 7 aliphatic rings. The number of aliphatic imine (C=N–C) groups is 2. The van der Waals surface area contributed by atoms with Crippen LogP contribution in [0.4, 0.5) is 38.5 Å². The molecule has 4 N–H and O–H groups in total. The van der Waals surface area contributed by atoms with Gasteiger partial charge in [-0.15, -0.1) is 22.7 Å². The van der Waals surface area contributed by atoms with Crippen LogP contribution in [0.1, 0.15) is 60.4 Å². The second-order valence-electron chi connectivity index (χ2n) is 27.4. The van der Waals surface area contributed by atoms with Crippen LogP contribution in [0, 0.1) is 11.6 Å². The molecule has 0 spiro atoms. The predicted molar refractivity (Wildman–Crippen MR) is 412 cm³/mol. The van der Waals surface area contributed by atoms with Crippen LogP contribution >= 0.6 is 45.9 Å². The molecule has 590 valence electrons. The number of alkyl halides is 2. The Bertz CT molecular complexity index is 5190. The number of nitrogens with zero attached hydrogens (tertiary/aromatic N) is 12. The van der Waals surface area contributed by atoms with Crippen LogP contribution in [0.5, 0.6) is 23.0 Å². The number of hydrogen-bond acceptors (Lipinski definition) is 22. The van der Waals surface area contributed by atoms with E-state index < -0.39 is 90.9 Å². The average molecular weight is 1640 g/mol. The van der Waals surface area contributed by atoms with Gasteiger partial charge in [0.25, 0.3) is 17.7 Å². The number of carboxylic acid groups (broad SMARTS) is 2. The molecule has 15 rings (SSSR count). The van der Waals surface area contributed by atoms with Gasteiger partial charge in [0.1, 0.15) is 59.3 Å². The zero-order chi connectivity index (χ0) is 80.4. The lowest BCUT2D eigenvalue weighted by Crippen LogP contribution is -2.53. The molecule has 5 atom stereocenters. The summed E-state index contributed by atoms with van der Waals surface area (Å²) >= 11 is 15.7. The zero-order valence-electron chi connectivity index (χ0n) is 60.8. The summed E-state index contributed by atoms with van der Waals surface area (Å²) in [7, 11) is 3.99. The maximum absolute atomic E-state index is 14.1. The van der Waals surface area contributed by atoms with Gasteiger partial charge in [-0.2, -0.15) is 0 Å². The summed E-state index contributed by atoms with van der Waals surface area (Å²) in [5.74, 6) is -6.71. The quantitative estimate of drug-likeness (QED) is 0.0384. The number of ether oxygens (including phenoxy) is 4. The van der Waals surface area contributed by atoms with E-state index in [4.69, 9.17) is 57.2 Å². The lowest BCUT2D eigenvalue weighted by atomic mass is 9.95. The van der Waals surface area contributed by atoms with Crippen molar-refractivity contribution in [2.45, 2.75) is 42.6 Å². The molecule has 28 nitrogen and oxygen atoms in total. The Morgan fingerprint density at radius 2 is 1.01 bits per heavy atom. The van der Waals surface area contributed by atoms with Gasteiger partial charge < -0.3 is 59.4 Å². The largest absolute Gasteiger partial charge is 0.480 e. The van der Waals surface area contributed by atoms with Crippen molar-refractivity contribution in [3.8, 4) is 23.0 Å². The number of amidine groups is 2. The molecule has 7 aliphatic heterocycles. The van der Waals surface area contributed by atoms with E-state index in [9.17, 15) is 61.0 Å². The fourth-order valence-electron chi connectivity index (χ4n) is 14.5. The molecular formula is C78H70Cl2F4N14O14S2. The SMILES string of the molecule is COC(=O)C1=C(CN2CCN3C(=O)N(c4ccc(Oc5ccc(C(=O)N(C)CC(=O)O)cc5)cc4)C[C@@H]3C2)NC(c2nccs2)=N[C@H]1c1ccc(F)cc1Cl.COC(=O)C1=C(CN2CCN3C(=O)N(c4ccc(Oc5ccc(C(=O)N6CC(F)(F)C[C@H]6C(=O)O)cc5)cc4)C[C@@H]3C2)NC(c2nccs2)=N[C@H]1c1ccc(F)cc1Cl. The van der Waals surface area contributed by atoms with Crippen molar-refractivity contribution >= 4 is 117 Å². The summed E-state index contributed by atoms with van der Waals surface area (Å²) in [4.78, 5) is 133. The molecule has 0 saturated carbocycles. The summed E-state index contributed by atoms with van der Waals surface area (Å²) in [5, 5.41) is 30.0. The number of anilines is 2. The van der Waals surface area contributed by atoms with Crippen LogP contribution < -0.4 is 29.9 Å². The van der Waals surface area contributed by atoms with E-state index in [1.807, 2.05) is 27.3 Å². The summed E-state index contributed by atoms with van der Waals surface area (Å²) < 4.78 is 78.3. The second-order valence-corrected chi connectivity index (χ2v) is 30.0. The van der Waals surface area contributed by atoms with E-state index in [0.717, 1.165) is 4.90 Å². The number of benzene rings is 6. The van der Waals surface area contributed by atoms with E-state index in [1.165, 1.54) is 105 Å². The number of halogens is 6. The highest BCUT2D eigenvalue weighted by Crippen LogP contribution is 2.42. The molecule has 0 unspecified atom stereocenters. The summed E-state index contributed by atoms with van der Waals surface area (Å²) in [6.07, 6.45) is 2.36. The third-order valence-electron chi connectivity index (χ3n) is 20.0.